The molecule has 146 valence electrons. The minimum Gasteiger partial charge on any atom is -0.339 e. The van der Waals surface area contributed by atoms with Crippen LogP contribution in [0.25, 0.3) is 10.2 Å². The quantitative estimate of drug-likeness (QED) is 0.613. The van der Waals surface area contributed by atoms with Crippen molar-refractivity contribution < 1.29 is 13.2 Å². The number of benzene rings is 2. The highest BCUT2D eigenvalue weighted by atomic mass is 35.5. The van der Waals surface area contributed by atoms with Crippen molar-refractivity contribution in [2.45, 2.75) is 23.7 Å². The highest BCUT2D eigenvalue weighted by Gasteiger charge is 2.27. The maximum absolute atomic E-state index is 12.8. The number of sulfone groups is 1. The average Bonchev–Trinajstić information content (AvgIpc) is 3.10. The molecule has 8 heteroatoms. The Kier molecular flexibility index (Phi) is 5.16. The number of hydrogen-bond donors (Lipinski definition) is 0. The standard InChI is InChI=1S/C20H19ClN2O3S2/c1-28(25,26)16-4-2-3-14(11-16)20(24)23-9-7-13(8-10-23)19-22-17-12-15(21)5-6-18(17)27-19/h2-6,11-13H,7-10H2,1H3. The molecule has 28 heavy (non-hydrogen) atoms. The smallest absolute Gasteiger partial charge is 0.253 e. The number of likely N-dealkylation sites (tertiary alicyclic amines) is 1. The van der Waals surface area contributed by atoms with Gasteiger partial charge < -0.3 is 4.90 Å². The van der Waals surface area contributed by atoms with Gasteiger partial charge in [0.1, 0.15) is 0 Å². The Morgan fingerprint density at radius 2 is 1.93 bits per heavy atom. The number of halogens is 1. The SMILES string of the molecule is CS(=O)(=O)c1cccc(C(=O)N2CCC(c3nc4cc(Cl)ccc4s3)CC2)c1. The van der Waals surface area contributed by atoms with Crippen LogP contribution < -0.4 is 0 Å². The zero-order chi connectivity index (χ0) is 19.9. The number of aromatic nitrogens is 1. The summed E-state index contributed by atoms with van der Waals surface area (Å²) in [5.74, 6) is 0.197. The third-order valence-corrected chi connectivity index (χ3v) is 7.55. The molecule has 0 bridgehead atoms. The number of amides is 1. The lowest BCUT2D eigenvalue weighted by Gasteiger charge is -2.31. The summed E-state index contributed by atoms with van der Waals surface area (Å²) in [5.41, 5.74) is 1.33. The topological polar surface area (TPSA) is 67.3 Å². The van der Waals surface area contributed by atoms with Crippen LogP contribution in [0.15, 0.2) is 47.4 Å². The second-order valence-corrected chi connectivity index (χ2v) is 10.5. The number of fused-ring (bicyclic) bond motifs is 1. The molecular weight excluding hydrogens is 416 g/mol. The first-order valence-corrected chi connectivity index (χ1v) is 12.1. The second-order valence-electron chi connectivity index (χ2n) is 7.03. The number of nitrogens with zero attached hydrogens (tertiary/aromatic N) is 2. The summed E-state index contributed by atoms with van der Waals surface area (Å²) in [5, 5.41) is 1.77. The van der Waals surface area contributed by atoms with Gasteiger partial charge in [0.15, 0.2) is 9.84 Å². The molecule has 0 unspecified atom stereocenters. The lowest BCUT2D eigenvalue weighted by atomic mass is 9.97. The maximum Gasteiger partial charge on any atom is 0.253 e. The van der Waals surface area contributed by atoms with Crippen LogP contribution in [0.5, 0.6) is 0 Å². The molecule has 2 heterocycles. The molecule has 0 atom stereocenters. The van der Waals surface area contributed by atoms with Crippen LogP contribution in [-0.2, 0) is 9.84 Å². The van der Waals surface area contributed by atoms with Crippen LogP contribution in [0.3, 0.4) is 0 Å². The van der Waals surface area contributed by atoms with Crippen LogP contribution >= 0.6 is 22.9 Å². The molecule has 4 rings (SSSR count). The summed E-state index contributed by atoms with van der Waals surface area (Å²) in [6, 6.07) is 12.0. The first-order valence-electron chi connectivity index (χ1n) is 8.96. The predicted octanol–water partition coefficient (Wildman–Crippen LogP) is 4.37. The number of hydrogen-bond acceptors (Lipinski definition) is 5. The lowest BCUT2D eigenvalue weighted by molar-refractivity contribution is 0.0712. The van der Waals surface area contributed by atoms with E-state index in [-0.39, 0.29) is 10.8 Å². The first-order chi connectivity index (χ1) is 13.3. The maximum atomic E-state index is 12.8. The molecule has 1 aromatic heterocycles. The zero-order valence-corrected chi connectivity index (χ0v) is 17.6. The molecule has 0 aliphatic carbocycles. The van der Waals surface area contributed by atoms with Crippen LogP contribution in [0, 0.1) is 0 Å². The minimum absolute atomic E-state index is 0.125. The molecule has 5 nitrogen and oxygen atoms in total. The molecule has 3 aromatic rings. The summed E-state index contributed by atoms with van der Waals surface area (Å²) in [4.78, 5) is 19.5. The van der Waals surface area contributed by atoms with E-state index in [1.165, 1.54) is 12.1 Å². The molecule has 1 fully saturated rings. The van der Waals surface area contributed by atoms with Gasteiger partial charge in [0.25, 0.3) is 5.91 Å². The van der Waals surface area contributed by atoms with Crippen molar-refractivity contribution >= 4 is 48.9 Å². The molecular formula is C20H19ClN2O3S2. The van der Waals surface area contributed by atoms with Crippen molar-refractivity contribution in [3.8, 4) is 0 Å². The van der Waals surface area contributed by atoms with E-state index in [1.807, 2.05) is 18.2 Å². The molecule has 0 spiro atoms. The van der Waals surface area contributed by atoms with Crippen LogP contribution in [0.2, 0.25) is 5.02 Å². The molecule has 0 saturated carbocycles. The van der Waals surface area contributed by atoms with Crippen LogP contribution in [0.1, 0.15) is 34.1 Å². The Bertz CT molecular complexity index is 1150. The van der Waals surface area contributed by atoms with E-state index >= 15 is 0 Å². The van der Waals surface area contributed by atoms with Gasteiger partial charge in [-0.05, 0) is 49.2 Å². The highest BCUT2D eigenvalue weighted by molar-refractivity contribution is 7.90. The first kappa shape index (κ1) is 19.4. The minimum atomic E-state index is -3.34. The van der Waals surface area contributed by atoms with Crippen molar-refractivity contribution in [1.29, 1.82) is 0 Å². The van der Waals surface area contributed by atoms with E-state index in [0.29, 0.717) is 29.6 Å². The third-order valence-electron chi connectivity index (χ3n) is 5.01. The van der Waals surface area contributed by atoms with Gasteiger partial charge in [0.2, 0.25) is 0 Å². The summed E-state index contributed by atoms with van der Waals surface area (Å²) >= 11 is 7.73. The number of thiazole rings is 1. The third kappa shape index (κ3) is 3.92. The number of piperidine rings is 1. The fraction of sp³-hybridized carbons (Fsp3) is 0.300. The molecule has 1 aliphatic rings. The molecule has 0 radical (unpaired) electrons. The fourth-order valence-electron chi connectivity index (χ4n) is 3.46. The van der Waals surface area contributed by atoms with E-state index in [0.717, 1.165) is 34.3 Å². The Morgan fingerprint density at radius 3 is 2.64 bits per heavy atom. The Morgan fingerprint density at radius 1 is 1.18 bits per heavy atom. The average molecular weight is 435 g/mol. The van der Waals surface area contributed by atoms with Gasteiger partial charge in [-0.1, -0.05) is 17.7 Å². The number of rotatable bonds is 3. The van der Waals surface area contributed by atoms with Crippen molar-refractivity contribution in [2.75, 3.05) is 19.3 Å². The summed E-state index contributed by atoms with van der Waals surface area (Å²) in [6.07, 6.45) is 2.82. The number of carbonyl (C=O) groups excluding carboxylic acids is 1. The predicted molar refractivity (Wildman–Crippen MR) is 112 cm³/mol. The molecule has 1 saturated heterocycles. The van der Waals surface area contributed by atoms with E-state index < -0.39 is 9.84 Å². The normalized spacial score (nSPS) is 15.9. The van der Waals surface area contributed by atoms with Gasteiger partial charge in [-0.2, -0.15) is 0 Å². The summed E-state index contributed by atoms with van der Waals surface area (Å²) < 4.78 is 24.6. The van der Waals surface area contributed by atoms with E-state index in [4.69, 9.17) is 16.6 Å². The second kappa shape index (κ2) is 7.46. The van der Waals surface area contributed by atoms with Gasteiger partial charge in [0, 0.05) is 35.8 Å². The Labute approximate surface area is 172 Å². The summed E-state index contributed by atoms with van der Waals surface area (Å²) in [7, 11) is -3.34. The van der Waals surface area contributed by atoms with Crippen molar-refractivity contribution in [1.82, 2.24) is 9.88 Å². The van der Waals surface area contributed by atoms with Gasteiger partial charge in [-0.3, -0.25) is 4.79 Å². The lowest BCUT2D eigenvalue weighted by Crippen LogP contribution is -2.37. The van der Waals surface area contributed by atoms with Gasteiger partial charge in [0.05, 0.1) is 20.1 Å². The van der Waals surface area contributed by atoms with Crippen molar-refractivity contribution in [2.24, 2.45) is 0 Å². The zero-order valence-electron chi connectivity index (χ0n) is 15.3. The molecule has 2 aromatic carbocycles. The molecule has 1 aliphatic heterocycles. The van der Waals surface area contributed by atoms with Gasteiger partial charge >= 0.3 is 0 Å². The van der Waals surface area contributed by atoms with E-state index in [1.54, 1.807) is 28.4 Å². The van der Waals surface area contributed by atoms with Crippen molar-refractivity contribution in [3.05, 3.63) is 58.1 Å². The number of carbonyl (C=O) groups is 1. The van der Waals surface area contributed by atoms with E-state index in [9.17, 15) is 13.2 Å². The van der Waals surface area contributed by atoms with E-state index in [2.05, 4.69) is 0 Å². The van der Waals surface area contributed by atoms with Gasteiger partial charge in [-0.25, -0.2) is 13.4 Å². The molecule has 0 N–H and O–H groups in total. The Balaban J connectivity index is 1.47. The van der Waals surface area contributed by atoms with Crippen molar-refractivity contribution in [3.63, 3.8) is 0 Å². The fourth-order valence-corrected chi connectivity index (χ4v) is 5.41. The van der Waals surface area contributed by atoms with Gasteiger partial charge in [-0.15, -0.1) is 11.3 Å². The monoisotopic (exact) mass is 434 g/mol. The van der Waals surface area contributed by atoms with Crippen LogP contribution in [0.4, 0.5) is 0 Å². The Hall–Kier alpha value is -1.96. The highest BCUT2D eigenvalue weighted by Crippen LogP contribution is 2.35. The summed E-state index contributed by atoms with van der Waals surface area (Å²) in [6.45, 7) is 1.26. The largest absolute Gasteiger partial charge is 0.339 e. The van der Waals surface area contributed by atoms with Crippen LogP contribution in [-0.4, -0.2) is 43.6 Å². The molecule has 1 amide bonds.